The molecule has 2 aromatic carbocycles. The number of carbonyl (C=O) groups excluding carboxylic acids is 1. The summed E-state index contributed by atoms with van der Waals surface area (Å²) in [6.45, 7) is 0. The first kappa shape index (κ1) is 18.1. The van der Waals surface area contributed by atoms with Crippen LogP contribution in [0.4, 0.5) is 5.69 Å². The second-order valence-electron chi connectivity index (χ2n) is 5.26. The van der Waals surface area contributed by atoms with Gasteiger partial charge in [-0.1, -0.05) is 23.2 Å². The molecule has 1 amide bonds. The largest absolute Gasteiger partial charge is 0.497 e. The quantitative estimate of drug-likeness (QED) is 0.711. The van der Waals surface area contributed by atoms with Crippen molar-refractivity contribution in [3.63, 3.8) is 0 Å². The highest BCUT2D eigenvalue weighted by Crippen LogP contribution is 2.30. The molecule has 0 aliphatic rings. The summed E-state index contributed by atoms with van der Waals surface area (Å²) in [4.78, 5) is 24.8. The molecule has 3 rings (SSSR count). The summed E-state index contributed by atoms with van der Waals surface area (Å²) in [6, 6.07) is 8.86. The molecule has 0 aliphatic heterocycles. The lowest BCUT2D eigenvalue weighted by Gasteiger charge is -2.11. The summed E-state index contributed by atoms with van der Waals surface area (Å²) in [5.41, 5.74) is 0.0199. The fourth-order valence-electron chi connectivity index (χ4n) is 2.39. The Morgan fingerprint density at radius 2 is 1.85 bits per heavy atom. The summed E-state index contributed by atoms with van der Waals surface area (Å²) in [6.07, 6.45) is 0. The van der Waals surface area contributed by atoms with E-state index in [1.54, 1.807) is 18.2 Å². The normalized spacial score (nSPS) is 10.6. The van der Waals surface area contributed by atoms with Gasteiger partial charge in [-0.15, -0.1) is 0 Å². The zero-order chi connectivity index (χ0) is 18.8. The van der Waals surface area contributed by atoms with Crippen LogP contribution >= 0.6 is 23.2 Å². The van der Waals surface area contributed by atoms with Gasteiger partial charge >= 0.3 is 0 Å². The van der Waals surface area contributed by atoms with E-state index < -0.39 is 11.3 Å². The van der Waals surface area contributed by atoms with Crippen molar-refractivity contribution in [2.45, 2.75) is 0 Å². The summed E-state index contributed by atoms with van der Waals surface area (Å²) >= 11 is 12.0. The van der Waals surface area contributed by atoms with Gasteiger partial charge in [-0.3, -0.25) is 9.59 Å². The molecule has 8 heteroatoms. The molecule has 0 saturated carbocycles. The van der Waals surface area contributed by atoms with Crippen LogP contribution in [0, 0.1) is 0 Å². The van der Waals surface area contributed by atoms with E-state index >= 15 is 0 Å². The standard InChI is InChI=1S/C18H13Cl2NO5/c1-24-10-3-4-15(25-2)13(7-10)21-18(23)16-8-14(22)11-5-9(19)6-12(20)17(11)26-16/h3-8H,1-2H3,(H,21,23). The number of hydrogen-bond donors (Lipinski definition) is 1. The lowest BCUT2D eigenvalue weighted by Crippen LogP contribution is -2.15. The number of hydrogen-bond acceptors (Lipinski definition) is 5. The molecule has 0 fully saturated rings. The van der Waals surface area contributed by atoms with E-state index in [4.69, 9.17) is 37.1 Å². The molecule has 0 unspecified atom stereocenters. The van der Waals surface area contributed by atoms with Crippen LogP contribution in [0.2, 0.25) is 10.0 Å². The predicted octanol–water partition coefficient (Wildman–Crippen LogP) is 4.37. The van der Waals surface area contributed by atoms with Crippen molar-refractivity contribution >= 4 is 45.8 Å². The molecule has 0 aliphatic carbocycles. The van der Waals surface area contributed by atoms with Crippen LogP contribution in [-0.4, -0.2) is 20.1 Å². The molecule has 1 aromatic heterocycles. The molecule has 0 saturated heterocycles. The highest BCUT2D eigenvalue weighted by molar-refractivity contribution is 6.38. The van der Waals surface area contributed by atoms with Crippen molar-refractivity contribution in [1.29, 1.82) is 0 Å². The van der Waals surface area contributed by atoms with Gasteiger partial charge in [0, 0.05) is 17.2 Å². The van der Waals surface area contributed by atoms with E-state index in [0.717, 1.165) is 6.07 Å². The lowest BCUT2D eigenvalue weighted by atomic mass is 10.2. The lowest BCUT2D eigenvalue weighted by molar-refractivity contribution is 0.0997. The highest BCUT2D eigenvalue weighted by Gasteiger charge is 2.17. The third-order valence-electron chi connectivity index (χ3n) is 3.63. The van der Waals surface area contributed by atoms with Crippen molar-refractivity contribution in [2.24, 2.45) is 0 Å². The molecule has 1 heterocycles. The van der Waals surface area contributed by atoms with Crippen LogP contribution in [-0.2, 0) is 0 Å². The Balaban J connectivity index is 2.02. The maximum atomic E-state index is 12.5. The maximum absolute atomic E-state index is 12.5. The van der Waals surface area contributed by atoms with Gasteiger partial charge in [0.2, 0.25) is 0 Å². The van der Waals surface area contributed by atoms with E-state index in [1.807, 2.05) is 0 Å². The number of methoxy groups -OCH3 is 2. The van der Waals surface area contributed by atoms with Crippen LogP contribution in [0.1, 0.15) is 10.6 Å². The molecular weight excluding hydrogens is 381 g/mol. The molecule has 26 heavy (non-hydrogen) atoms. The Labute approximate surface area is 158 Å². The number of ether oxygens (including phenoxy) is 2. The number of carbonyl (C=O) groups is 1. The van der Waals surface area contributed by atoms with E-state index in [9.17, 15) is 9.59 Å². The number of rotatable bonds is 4. The van der Waals surface area contributed by atoms with Gasteiger partial charge in [-0.25, -0.2) is 0 Å². The van der Waals surface area contributed by atoms with Crippen molar-refractivity contribution < 1.29 is 18.7 Å². The van der Waals surface area contributed by atoms with Crippen LogP contribution in [0.15, 0.2) is 45.6 Å². The Morgan fingerprint density at radius 3 is 2.54 bits per heavy atom. The van der Waals surface area contributed by atoms with E-state index in [1.165, 1.54) is 26.4 Å². The van der Waals surface area contributed by atoms with Gasteiger partial charge in [0.05, 0.1) is 30.3 Å². The minimum absolute atomic E-state index is 0.0892. The summed E-state index contributed by atoms with van der Waals surface area (Å²) in [5.74, 6) is 0.115. The van der Waals surface area contributed by atoms with Gasteiger partial charge in [0.1, 0.15) is 11.5 Å². The Hall–Kier alpha value is -2.70. The van der Waals surface area contributed by atoms with E-state index in [0.29, 0.717) is 22.2 Å². The highest BCUT2D eigenvalue weighted by atomic mass is 35.5. The van der Waals surface area contributed by atoms with Crippen molar-refractivity contribution in [3.05, 3.63) is 62.4 Å². The number of amides is 1. The second kappa shape index (κ2) is 7.27. The van der Waals surface area contributed by atoms with Crippen LogP contribution in [0.5, 0.6) is 11.5 Å². The predicted molar refractivity (Wildman–Crippen MR) is 100 cm³/mol. The number of halogens is 2. The minimum atomic E-state index is -0.637. The molecule has 0 spiro atoms. The van der Waals surface area contributed by atoms with Gasteiger partial charge in [0.25, 0.3) is 5.91 Å². The first-order valence-electron chi connectivity index (χ1n) is 7.39. The molecule has 3 aromatic rings. The number of fused-ring (bicyclic) bond motifs is 1. The van der Waals surface area contributed by atoms with E-state index in [-0.39, 0.29) is 21.8 Å². The topological polar surface area (TPSA) is 77.8 Å². The van der Waals surface area contributed by atoms with Gasteiger partial charge in [0.15, 0.2) is 16.8 Å². The molecule has 1 N–H and O–H groups in total. The SMILES string of the molecule is COc1ccc(OC)c(NC(=O)c2cc(=O)c3cc(Cl)cc(Cl)c3o2)c1. The fourth-order valence-corrected chi connectivity index (χ4v) is 2.92. The Kier molecular flexibility index (Phi) is 5.06. The maximum Gasteiger partial charge on any atom is 0.291 e. The third kappa shape index (κ3) is 3.47. The van der Waals surface area contributed by atoms with Crippen LogP contribution in [0.25, 0.3) is 11.0 Å². The van der Waals surface area contributed by atoms with Gasteiger partial charge in [-0.05, 0) is 24.3 Å². The first-order valence-corrected chi connectivity index (χ1v) is 8.15. The Bertz CT molecular complexity index is 1060. The van der Waals surface area contributed by atoms with Crippen molar-refractivity contribution in [2.75, 3.05) is 19.5 Å². The Morgan fingerprint density at radius 1 is 1.08 bits per heavy atom. The molecule has 0 atom stereocenters. The molecular formula is C18H13Cl2NO5. The first-order chi connectivity index (χ1) is 12.4. The number of anilines is 1. The molecule has 0 radical (unpaired) electrons. The summed E-state index contributed by atoms with van der Waals surface area (Å²) in [7, 11) is 2.97. The third-order valence-corrected chi connectivity index (χ3v) is 4.13. The molecule has 0 bridgehead atoms. The van der Waals surface area contributed by atoms with Gasteiger partial charge < -0.3 is 19.2 Å². The zero-order valence-electron chi connectivity index (χ0n) is 13.8. The van der Waals surface area contributed by atoms with Crippen molar-refractivity contribution in [1.82, 2.24) is 0 Å². The molecule has 6 nitrogen and oxygen atoms in total. The second-order valence-corrected chi connectivity index (χ2v) is 6.10. The number of benzene rings is 2. The van der Waals surface area contributed by atoms with Crippen molar-refractivity contribution in [3.8, 4) is 11.5 Å². The average Bonchev–Trinajstić information content (AvgIpc) is 2.62. The average molecular weight is 394 g/mol. The monoisotopic (exact) mass is 393 g/mol. The van der Waals surface area contributed by atoms with Crippen LogP contribution in [0.3, 0.4) is 0 Å². The summed E-state index contributed by atoms with van der Waals surface area (Å²) < 4.78 is 15.9. The fraction of sp³-hybridized carbons (Fsp3) is 0.111. The van der Waals surface area contributed by atoms with Crippen LogP contribution < -0.4 is 20.2 Å². The smallest absolute Gasteiger partial charge is 0.291 e. The summed E-state index contributed by atoms with van der Waals surface area (Å²) in [5, 5.41) is 3.26. The minimum Gasteiger partial charge on any atom is -0.497 e. The van der Waals surface area contributed by atoms with E-state index in [2.05, 4.69) is 5.32 Å². The number of nitrogens with one attached hydrogen (secondary N) is 1. The van der Waals surface area contributed by atoms with Gasteiger partial charge in [-0.2, -0.15) is 0 Å². The zero-order valence-corrected chi connectivity index (χ0v) is 15.3. The molecule has 134 valence electrons.